The minimum Gasteiger partial charge on any atom is -0.356 e. The zero-order valence-corrected chi connectivity index (χ0v) is 13.4. The predicted molar refractivity (Wildman–Crippen MR) is 84.7 cm³/mol. The molecule has 2 heterocycles. The summed E-state index contributed by atoms with van der Waals surface area (Å²) < 4.78 is 4.36. The predicted octanol–water partition coefficient (Wildman–Crippen LogP) is 1.21. The van der Waals surface area contributed by atoms with Gasteiger partial charge in [0.1, 0.15) is 5.82 Å². The maximum absolute atomic E-state index is 4.56. The normalized spacial score (nSPS) is 16.6. The van der Waals surface area contributed by atoms with Crippen molar-refractivity contribution in [2.45, 2.75) is 26.7 Å². The molecule has 1 saturated heterocycles. The Morgan fingerprint density at radius 2 is 2.05 bits per heavy atom. The zero-order chi connectivity index (χ0) is 14.4. The van der Waals surface area contributed by atoms with Gasteiger partial charge in [-0.1, -0.05) is 13.8 Å². The fourth-order valence-corrected chi connectivity index (χ4v) is 3.00. The van der Waals surface area contributed by atoms with Crippen molar-refractivity contribution in [1.82, 2.24) is 19.6 Å². The number of anilines is 1. The average Bonchev–Trinajstić information content (AvgIpc) is 2.97. The van der Waals surface area contributed by atoms with Crippen molar-refractivity contribution >= 4 is 22.6 Å². The fourth-order valence-electron chi connectivity index (χ4n) is 2.20. The smallest absolute Gasteiger partial charge is 0.205 e. The largest absolute Gasteiger partial charge is 0.356 e. The molecular formula is C13H24N6S. The first-order chi connectivity index (χ1) is 9.78. The van der Waals surface area contributed by atoms with Crippen molar-refractivity contribution < 1.29 is 0 Å². The summed E-state index contributed by atoms with van der Waals surface area (Å²) in [5, 5.41) is 4.44. The topological polar surface area (TPSA) is 56.7 Å². The third-order valence-electron chi connectivity index (χ3n) is 3.37. The number of nitrogens with zero attached hydrogens (tertiary/aromatic N) is 5. The summed E-state index contributed by atoms with van der Waals surface area (Å²) in [6, 6.07) is 0. The lowest BCUT2D eigenvalue weighted by Crippen LogP contribution is -2.52. The second-order valence-electron chi connectivity index (χ2n) is 4.79. The van der Waals surface area contributed by atoms with Gasteiger partial charge in [-0.15, -0.1) is 0 Å². The highest BCUT2D eigenvalue weighted by Gasteiger charge is 2.21. The Morgan fingerprint density at radius 3 is 2.60 bits per heavy atom. The van der Waals surface area contributed by atoms with Gasteiger partial charge in [0.15, 0.2) is 5.96 Å². The number of aromatic nitrogens is 2. The Morgan fingerprint density at radius 1 is 1.30 bits per heavy atom. The van der Waals surface area contributed by atoms with E-state index in [1.807, 2.05) is 7.05 Å². The minimum absolute atomic E-state index is 0.907. The van der Waals surface area contributed by atoms with E-state index in [2.05, 4.69) is 43.3 Å². The summed E-state index contributed by atoms with van der Waals surface area (Å²) in [6.07, 6.45) is 2.02. The molecule has 1 aromatic rings. The highest BCUT2D eigenvalue weighted by molar-refractivity contribution is 7.09. The van der Waals surface area contributed by atoms with Crippen molar-refractivity contribution in [2.24, 2.45) is 4.99 Å². The van der Waals surface area contributed by atoms with Gasteiger partial charge < -0.3 is 15.1 Å². The highest BCUT2D eigenvalue weighted by atomic mass is 32.1. The Bertz CT molecular complexity index is 436. The Hall–Kier alpha value is -1.37. The van der Waals surface area contributed by atoms with Crippen LogP contribution in [0.15, 0.2) is 4.99 Å². The molecule has 0 spiro atoms. The summed E-state index contributed by atoms with van der Waals surface area (Å²) in [4.78, 5) is 13.5. The van der Waals surface area contributed by atoms with Gasteiger partial charge in [-0.05, 0) is 6.42 Å². The molecule has 112 valence electrons. The molecule has 0 aliphatic carbocycles. The van der Waals surface area contributed by atoms with E-state index in [9.17, 15) is 0 Å². The van der Waals surface area contributed by atoms with E-state index < -0.39 is 0 Å². The number of piperazine rings is 1. The van der Waals surface area contributed by atoms with Crippen LogP contribution in [0.3, 0.4) is 0 Å². The number of rotatable bonds is 4. The quantitative estimate of drug-likeness (QED) is 0.668. The van der Waals surface area contributed by atoms with Crippen LogP contribution in [0.1, 0.15) is 26.1 Å². The van der Waals surface area contributed by atoms with Crippen LogP contribution in [0, 0.1) is 0 Å². The van der Waals surface area contributed by atoms with Gasteiger partial charge in [0.2, 0.25) is 5.13 Å². The van der Waals surface area contributed by atoms with E-state index in [0.717, 1.165) is 62.5 Å². The van der Waals surface area contributed by atoms with Crippen molar-refractivity contribution in [1.29, 1.82) is 0 Å². The monoisotopic (exact) mass is 296 g/mol. The van der Waals surface area contributed by atoms with Crippen LogP contribution in [0.2, 0.25) is 0 Å². The first kappa shape index (κ1) is 15.0. The summed E-state index contributed by atoms with van der Waals surface area (Å²) >= 11 is 1.51. The summed E-state index contributed by atoms with van der Waals surface area (Å²) in [7, 11) is 1.85. The van der Waals surface area contributed by atoms with Crippen molar-refractivity contribution in [3.8, 4) is 0 Å². The van der Waals surface area contributed by atoms with Crippen LogP contribution in [-0.4, -0.2) is 60.0 Å². The zero-order valence-electron chi connectivity index (χ0n) is 12.6. The molecule has 1 fully saturated rings. The van der Waals surface area contributed by atoms with E-state index >= 15 is 0 Å². The summed E-state index contributed by atoms with van der Waals surface area (Å²) in [6.45, 7) is 9.14. The van der Waals surface area contributed by atoms with Gasteiger partial charge in [-0.3, -0.25) is 4.99 Å². The van der Waals surface area contributed by atoms with E-state index in [4.69, 9.17) is 0 Å². The second-order valence-corrected chi connectivity index (χ2v) is 5.53. The lowest BCUT2D eigenvalue weighted by Gasteiger charge is -2.36. The van der Waals surface area contributed by atoms with Crippen LogP contribution in [0.4, 0.5) is 5.13 Å². The third-order valence-corrected chi connectivity index (χ3v) is 4.18. The van der Waals surface area contributed by atoms with Crippen LogP contribution < -0.4 is 10.2 Å². The molecule has 1 aliphatic heterocycles. The van der Waals surface area contributed by atoms with Crippen LogP contribution >= 0.6 is 11.5 Å². The molecule has 7 heteroatoms. The standard InChI is InChI=1S/C13H24N6S/c1-4-6-15-12(14-3)18-7-9-19(10-8-18)13-16-11(5-2)17-20-13/h4-10H2,1-3H3,(H,14,15). The maximum atomic E-state index is 4.56. The fraction of sp³-hybridized carbons (Fsp3) is 0.769. The minimum atomic E-state index is 0.907. The number of aliphatic imine (C=N–C) groups is 1. The lowest BCUT2D eigenvalue weighted by atomic mass is 10.3. The Kier molecular flexibility index (Phi) is 5.58. The first-order valence-corrected chi connectivity index (χ1v) is 8.09. The molecule has 0 bridgehead atoms. The number of hydrogen-bond acceptors (Lipinski definition) is 5. The van der Waals surface area contributed by atoms with Crippen molar-refractivity contribution in [3.63, 3.8) is 0 Å². The lowest BCUT2D eigenvalue weighted by molar-refractivity contribution is 0.372. The maximum Gasteiger partial charge on any atom is 0.205 e. The average molecular weight is 296 g/mol. The third kappa shape index (κ3) is 3.59. The van der Waals surface area contributed by atoms with E-state index in [-0.39, 0.29) is 0 Å². The molecule has 2 rings (SSSR count). The molecule has 0 aromatic carbocycles. The second kappa shape index (κ2) is 7.42. The van der Waals surface area contributed by atoms with E-state index in [1.165, 1.54) is 11.5 Å². The van der Waals surface area contributed by atoms with Crippen LogP contribution in [0.25, 0.3) is 0 Å². The molecule has 1 aliphatic rings. The Labute approximate surface area is 125 Å². The van der Waals surface area contributed by atoms with Gasteiger partial charge >= 0.3 is 0 Å². The van der Waals surface area contributed by atoms with Crippen LogP contribution in [0.5, 0.6) is 0 Å². The molecule has 0 atom stereocenters. The molecule has 0 radical (unpaired) electrons. The first-order valence-electron chi connectivity index (χ1n) is 7.31. The molecule has 20 heavy (non-hydrogen) atoms. The molecule has 1 aromatic heterocycles. The number of hydrogen-bond donors (Lipinski definition) is 1. The van der Waals surface area contributed by atoms with Crippen LogP contribution in [-0.2, 0) is 6.42 Å². The number of aryl methyl sites for hydroxylation is 1. The van der Waals surface area contributed by atoms with Gasteiger partial charge in [0, 0.05) is 57.7 Å². The van der Waals surface area contributed by atoms with Gasteiger partial charge in [0.25, 0.3) is 0 Å². The molecule has 0 unspecified atom stereocenters. The number of nitrogens with one attached hydrogen (secondary N) is 1. The Balaban J connectivity index is 1.88. The number of guanidine groups is 1. The molecule has 0 saturated carbocycles. The van der Waals surface area contributed by atoms with Crippen molar-refractivity contribution in [2.75, 3.05) is 44.7 Å². The molecule has 0 amide bonds. The summed E-state index contributed by atoms with van der Waals surface area (Å²) in [5.74, 6) is 1.96. The molecule has 1 N–H and O–H groups in total. The highest BCUT2D eigenvalue weighted by Crippen LogP contribution is 2.19. The summed E-state index contributed by atoms with van der Waals surface area (Å²) in [5.41, 5.74) is 0. The van der Waals surface area contributed by atoms with Gasteiger partial charge in [-0.25, -0.2) is 4.98 Å². The van der Waals surface area contributed by atoms with Gasteiger partial charge in [-0.2, -0.15) is 4.37 Å². The SMILES string of the molecule is CCCNC(=NC)N1CCN(c2nc(CC)ns2)CC1. The molecular weight excluding hydrogens is 272 g/mol. The van der Waals surface area contributed by atoms with E-state index in [1.54, 1.807) is 0 Å². The van der Waals surface area contributed by atoms with Crippen molar-refractivity contribution in [3.05, 3.63) is 5.82 Å². The van der Waals surface area contributed by atoms with E-state index in [0.29, 0.717) is 0 Å². The molecule has 6 nitrogen and oxygen atoms in total. The van der Waals surface area contributed by atoms with Gasteiger partial charge in [0.05, 0.1) is 0 Å².